The molecule has 1 atom stereocenters. The molecule has 1 fully saturated rings. The molecule has 1 aliphatic heterocycles. The molecule has 1 aromatic rings. The van der Waals surface area contributed by atoms with Crippen molar-refractivity contribution in [2.75, 3.05) is 13.2 Å². The molecule has 6 heteroatoms. The van der Waals surface area contributed by atoms with Crippen LogP contribution in [0.4, 0.5) is 0 Å². The van der Waals surface area contributed by atoms with Gasteiger partial charge < -0.3 is 10.0 Å². The maximum Gasteiger partial charge on any atom is 0.258 e. The third kappa shape index (κ3) is 3.56. The van der Waals surface area contributed by atoms with Gasteiger partial charge in [0, 0.05) is 11.0 Å². The van der Waals surface area contributed by atoms with Crippen LogP contribution >= 0.6 is 28.1 Å². The summed E-state index contributed by atoms with van der Waals surface area (Å²) in [5.41, 5.74) is 0.549. The van der Waals surface area contributed by atoms with Crippen LogP contribution in [-0.2, 0) is 0 Å². The van der Waals surface area contributed by atoms with E-state index >= 15 is 0 Å². The van der Waals surface area contributed by atoms with E-state index < -0.39 is 0 Å². The Morgan fingerprint density at radius 1 is 1.45 bits per heavy atom. The molecule has 4 nitrogen and oxygen atoms in total. The van der Waals surface area contributed by atoms with Crippen LogP contribution in [0.3, 0.4) is 0 Å². The summed E-state index contributed by atoms with van der Waals surface area (Å²) in [5, 5.41) is 12.5. The van der Waals surface area contributed by atoms with Crippen molar-refractivity contribution < 1.29 is 9.90 Å². The topological polar surface area (TPSA) is 52.6 Å². The van der Waals surface area contributed by atoms with Crippen molar-refractivity contribution in [3.63, 3.8) is 0 Å². The molecule has 20 heavy (non-hydrogen) atoms. The van der Waals surface area contributed by atoms with E-state index in [-0.39, 0.29) is 18.6 Å². The number of amides is 1. The number of thiocarbonyl (C=S) groups is 1. The fraction of sp³-hybridized carbons (Fsp3) is 0.429. The van der Waals surface area contributed by atoms with Gasteiger partial charge in [-0.15, -0.1) is 0 Å². The molecule has 0 radical (unpaired) electrons. The van der Waals surface area contributed by atoms with Gasteiger partial charge in [0.1, 0.15) is 0 Å². The Labute approximate surface area is 132 Å². The van der Waals surface area contributed by atoms with E-state index in [1.165, 1.54) is 0 Å². The molecule has 0 aromatic heterocycles. The van der Waals surface area contributed by atoms with Gasteiger partial charge in [-0.05, 0) is 59.5 Å². The lowest BCUT2D eigenvalue weighted by atomic mass is 10.0. The summed E-state index contributed by atoms with van der Waals surface area (Å²) < 4.78 is 0.734. The predicted molar refractivity (Wildman–Crippen MR) is 85.6 cm³/mol. The summed E-state index contributed by atoms with van der Waals surface area (Å²) in [6.07, 6.45) is 3.02. The van der Waals surface area contributed by atoms with Crippen molar-refractivity contribution in [1.82, 2.24) is 10.2 Å². The van der Waals surface area contributed by atoms with Gasteiger partial charge in [0.25, 0.3) is 5.91 Å². The Balaban J connectivity index is 2.04. The summed E-state index contributed by atoms with van der Waals surface area (Å²) in [5.74, 6) is -0.232. The minimum atomic E-state index is -0.232. The molecule has 1 saturated heterocycles. The molecule has 0 saturated carbocycles. The Morgan fingerprint density at radius 2 is 2.20 bits per heavy atom. The highest BCUT2D eigenvalue weighted by Gasteiger charge is 2.25. The monoisotopic (exact) mass is 356 g/mol. The predicted octanol–water partition coefficient (Wildman–Crippen LogP) is 2.31. The maximum atomic E-state index is 12.2. The Kier molecular flexibility index (Phi) is 5.51. The van der Waals surface area contributed by atoms with Crippen molar-refractivity contribution in [2.24, 2.45) is 0 Å². The van der Waals surface area contributed by atoms with Crippen LogP contribution in [0.25, 0.3) is 0 Å². The normalized spacial score (nSPS) is 18.7. The van der Waals surface area contributed by atoms with E-state index in [1.807, 2.05) is 17.0 Å². The summed E-state index contributed by atoms with van der Waals surface area (Å²) >= 11 is 8.66. The molecular weight excluding hydrogens is 340 g/mol. The molecule has 1 amide bonds. The quantitative estimate of drug-likeness (QED) is 0.798. The van der Waals surface area contributed by atoms with Gasteiger partial charge >= 0.3 is 0 Å². The highest BCUT2D eigenvalue weighted by molar-refractivity contribution is 9.10. The number of aliphatic hydroxyl groups is 1. The van der Waals surface area contributed by atoms with Gasteiger partial charge in [0.05, 0.1) is 18.2 Å². The standard InChI is InChI=1S/C14H17BrN2O2S/c15-12-7-2-1-6-11(12)13(19)16-14(20)17-8-4-3-5-10(17)9-18/h1-2,6-7,10,18H,3-5,8-9H2,(H,16,19,20)/t10-/m0/s1. The first-order valence-corrected chi connectivity index (χ1v) is 7.81. The van der Waals surface area contributed by atoms with Crippen molar-refractivity contribution in [3.05, 3.63) is 34.3 Å². The molecular formula is C14H17BrN2O2S. The second kappa shape index (κ2) is 7.15. The molecule has 108 valence electrons. The lowest BCUT2D eigenvalue weighted by Crippen LogP contribution is -2.51. The highest BCUT2D eigenvalue weighted by atomic mass is 79.9. The van der Waals surface area contributed by atoms with Crippen LogP contribution in [-0.4, -0.2) is 40.2 Å². The Hall–Kier alpha value is -0.980. The van der Waals surface area contributed by atoms with Gasteiger partial charge in [-0.2, -0.15) is 0 Å². The first-order valence-electron chi connectivity index (χ1n) is 6.61. The van der Waals surface area contributed by atoms with Crippen molar-refractivity contribution >= 4 is 39.2 Å². The maximum absolute atomic E-state index is 12.2. The molecule has 1 aromatic carbocycles. The van der Waals surface area contributed by atoms with E-state index in [2.05, 4.69) is 21.2 Å². The number of benzene rings is 1. The molecule has 0 bridgehead atoms. The lowest BCUT2D eigenvalue weighted by molar-refractivity contribution is 0.0961. The van der Waals surface area contributed by atoms with Crippen LogP contribution in [0.5, 0.6) is 0 Å². The van der Waals surface area contributed by atoms with E-state index in [4.69, 9.17) is 12.2 Å². The number of hydrogen-bond donors (Lipinski definition) is 2. The molecule has 0 spiro atoms. The summed E-state index contributed by atoms with van der Waals surface area (Å²) in [6, 6.07) is 7.22. The minimum Gasteiger partial charge on any atom is -0.394 e. The fourth-order valence-electron chi connectivity index (χ4n) is 2.34. The highest BCUT2D eigenvalue weighted by Crippen LogP contribution is 2.18. The van der Waals surface area contributed by atoms with E-state index in [0.29, 0.717) is 10.7 Å². The van der Waals surface area contributed by atoms with E-state index in [0.717, 1.165) is 30.3 Å². The molecule has 0 unspecified atom stereocenters. The van der Waals surface area contributed by atoms with Crippen LogP contribution in [0.15, 0.2) is 28.7 Å². The SMILES string of the molecule is O=C(NC(=S)N1CCCC[C@H]1CO)c1ccccc1Br. The Bertz CT molecular complexity index is 510. The zero-order chi connectivity index (χ0) is 14.5. The number of carbonyl (C=O) groups excluding carboxylic acids is 1. The number of carbonyl (C=O) groups is 1. The van der Waals surface area contributed by atoms with Crippen LogP contribution in [0.1, 0.15) is 29.6 Å². The summed E-state index contributed by atoms with van der Waals surface area (Å²) in [4.78, 5) is 14.1. The number of hydrogen-bond acceptors (Lipinski definition) is 3. The largest absolute Gasteiger partial charge is 0.394 e. The Morgan fingerprint density at radius 3 is 2.90 bits per heavy atom. The number of piperidine rings is 1. The number of nitrogens with zero attached hydrogens (tertiary/aromatic N) is 1. The first kappa shape index (κ1) is 15.4. The van der Waals surface area contributed by atoms with Crippen molar-refractivity contribution in [1.29, 1.82) is 0 Å². The summed E-state index contributed by atoms with van der Waals surface area (Å²) in [7, 11) is 0. The molecule has 0 aliphatic carbocycles. The van der Waals surface area contributed by atoms with Crippen LogP contribution < -0.4 is 5.32 Å². The average molecular weight is 357 g/mol. The number of rotatable bonds is 2. The van der Waals surface area contributed by atoms with Gasteiger partial charge in [-0.1, -0.05) is 12.1 Å². The van der Waals surface area contributed by atoms with Crippen molar-refractivity contribution in [2.45, 2.75) is 25.3 Å². The average Bonchev–Trinajstić information content (AvgIpc) is 2.47. The second-order valence-corrected chi connectivity index (χ2v) is 6.01. The van der Waals surface area contributed by atoms with Gasteiger partial charge in [0.2, 0.25) is 0 Å². The van der Waals surface area contributed by atoms with Gasteiger partial charge in [-0.3, -0.25) is 10.1 Å². The summed E-state index contributed by atoms with van der Waals surface area (Å²) in [6.45, 7) is 0.839. The fourth-order valence-corrected chi connectivity index (χ4v) is 3.14. The third-order valence-corrected chi connectivity index (χ3v) is 4.47. The number of nitrogens with one attached hydrogen (secondary N) is 1. The first-order chi connectivity index (χ1) is 9.63. The molecule has 1 heterocycles. The van der Waals surface area contributed by atoms with Crippen molar-refractivity contribution in [3.8, 4) is 0 Å². The zero-order valence-corrected chi connectivity index (χ0v) is 13.4. The van der Waals surface area contributed by atoms with E-state index in [1.54, 1.807) is 12.1 Å². The van der Waals surface area contributed by atoms with E-state index in [9.17, 15) is 9.90 Å². The number of aliphatic hydroxyl groups excluding tert-OH is 1. The lowest BCUT2D eigenvalue weighted by Gasteiger charge is -2.36. The van der Waals surface area contributed by atoms with Crippen LogP contribution in [0.2, 0.25) is 0 Å². The van der Waals surface area contributed by atoms with Gasteiger partial charge in [-0.25, -0.2) is 0 Å². The minimum absolute atomic E-state index is 0.00997. The molecule has 2 N–H and O–H groups in total. The number of likely N-dealkylation sites (tertiary alicyclic amines) is 1. The smallest absolute Gasteiger partial charge is 0.258 e. The van der Waals surface area contributed by atoms with Gasteiger partial charge in [0.15, 0.2) is 5.11 Å². The second-order valence-electron chi connectivity index (χ2n) is 4.76. The third-order valence-electron chi connectivity index (χ3n) is 3.44. The number of halogens is 1. The molecule has 1 aliphatic rings. The van der Waals surface area contributed by atoms with Crippen LogP contribution in [0, 0.1) is 0 Å². The zero-order valence-electron chi connectivity index (χ0n) is 11.0. The molecule has 2 rings (SSSR count).